The van der Waals surface area contributed by atoms with Crippen LogP contribution in [0.2, 0.25) is 0 Å². The van der Waals surface area contributed by atoms with Gasteiger partial charge in [-0.3, -0.25) is 9.40 Å². The first-order valence-electron chi connectivity index (χ1n) is 5.34. The van der Waals surface area contributed by atoms with Crippen LogP contribution >= 0.6 is 15.9 Å². The first kappa shape index (κ1) is 14.5. The van der Waals surface area contributed by atoms with E-state index in [0.29, 0.717) is 5.69 Å². The van der Waals surface area contributed by atoms with E-state index in [4.69, 9.17) is 5.11 Å². The summed E-state index contributed by atoms with van der Waals surface area (Å²) in [6, 6.07) is 3.78. The van der Waals surface area contributed by atoms with E-state index in [2.05, 4.69) is 25.8 Å². The Kier molecular flexibility index (Phi) is 3.82. The second-order valence-corrected chi connectivity index (χ2v) is 6.46. The predicted octanol–water partition coefficient (Wildman–Crippen LogP) is 1.68. The van der Waals surface area contributed by atoms with Crippen LogP contribution in [0.3, 0.4) is 0 Å². The van der Waals surface area contributed by atoms with Crippen LogP contribution in [0.5, 0.6) is 0 Å². The molecule has 1 heterocycles. The highest BCUT2D eigenvalue weighted by Crippen LogP contribution is 2.25. The molecule has 1 aromatic heterocycles. The quantitative estimate of drug-likeness (QED) is 0.864. The van der Waals surface area contributed by atoms with E-state index in [9.17, 15) is 13.2 Å². The fourth-order valence-electron chi connectivity index (χ4n) is 1.53. The SMILES string of the molecule is Cn1cc(NS(=O)(=O)c2cc(C(=O)O)ccc2Br)cn1. The number of hydrogen-bond donors (Lipinski definition) is 2. The Labute approximate surface area is 123 Å². The molecule has 0 saturated carbocycles. The molecule has 2 rings (SSSR count). The minimum absolute atomic E-state index is 0.111. The van der Waals surface area contributed by atoms with Gasteiger partial charge in [-0.2, -0.15) is 5.10 Å². The molecule has 7 nitrogen and oxygen atoms in total. The van der Waals surface area contributed by atoms with Crippen LogP contribution in [0.25, 0.3) is 0 Å². The molecule has 0 aliphatic carbocycles. The Bertz CT molecular complexity index is 770. The third-order valence-electron chi connectivity index (χ3n) is 2.42. The van der Waals surface area contributed by atoms with Crippen molar-refractivity contribution < 1.29 is 18.3 Å². The molecule has 0 radical (unpaired) electrons. The number of carbonyl (C=O) groups is 1. The number of aryl methyl sites for hydroxylation is 1. The van der Waals surface area contributed by atoms with Gasteiger partial charge in [-0.15, -0.1) is 0 Å². The van der Waals surface area contributed by atoms with Gasteiger partial charge in [0.2, 0.25) is 0 Å². The number of benzene rings is 1. The van der Waals surface area contributed by atoms with Crippen molar-refractivity contribution in [1.29, 1.82) is 0 Å². The van der Waals surface area contributed by atoms with Gasteiger partial charge in [-0.1, -0.05) is 0 Å². The van der Waals surface area contributed by atoms with Crippen molar-refractivity contribution in [2.45, 2.75) is 4.90 Å². The molecule has 9 heteroatoms. The second kappa shape index (κ2) is 5.25. The van der Waals surface area contributed by atoms with Crippen LogP contribution in [0.1, 0.15) is 10.4 Å². The Morgan fingerprint density at radius 2 is 2.15 bits per heavy atom. The summed E-state index contributed by atoms with van der Waals surface area (Å²) in [6.45, 7) is 0. The maximum Gasteiger partial charge on any atom is 0.335 e. The molecule has 0 bridgehead atoms. The van der Waals surface area contributed by atoms with Gasteiger partial charge in [0.1, 0.15) is 4.90 Å². The summed E-state index contributed by atoms with van der Waals surface area (Å²) in [5, 5.41) is 12.8. The van der Waals surface area contributed by atoms with E-state index in [1.165, 1.54) is 29.2 Å². The van der Waals surface area contributed by atoms with Gasteiger partial charge in [0.15, 0.2) is 0 Å². The number of rotatable bonds is 4. The molecule has 0 fully saturated rings. The number of halogens is 1. The van der Waals surface area contributed by atoms with Crippen LogP contribution in [0, 0.1) is 0 Å². The molecule has 0 spiro atoms. The zero-order valence-corrected chi connectivity index (χ0v) is 12.6. The van der Waals surface area contributed by atoms with Gasteiger partial charge >= 0.3 is 5.97 Å². The maximum absolute atomic E-state index is 12.2. The van der Waals surface area contributed by atoms with E-state index < -0.39 is 16.0 Å². The van der Waals surface area contributed by atoms with Gasteiger partial charge in [0.25, 0.3) is 10.0 Å². The molecule has 2 aromatic rings. The van der Waals surface area contributed by atoms with Crippen molar-refractivity contribution in [2.75, 3.05) is 4.72 Å². The Morgan fingerprint density at radius 3 is 2.70 bits per heavy atom. The van der Waals surface area contributed by atoms with E-state index in [1.54, 1.807) is 7.05 Å². The first-order chi connectivity index (χ1) is 9.29. The van der Waals surface area contributed by atoms with Crippen molar-refractivity contribution in [3.63, 3.8) is 0 Å². The van der Waals surface area contributed by atoms with Crippen molar-refractivity contribution in [1.82, 2.24) is 9.78 Å². The number of anilines is 1. The molecular weight excluding hydrogens is 350 g/mol. The standard InChI is InChI=1S/C11H10BrN3O4S/c1-15-6-8(5-13-15)14-20(18,19)10-4-7(11(16)17)2-3-9(10)12/h2-6,14H,1H3,(H,16,17). The predicted molar refractivity (Wildman–Crippen MR) is 75.1 cm³/mol. The van der Waals surface area contributed by atoms with Gasteiger partial charge in [-0.05, 0) is 34.1 Å². The zero-order valence-electron chi connectivity index (χ0n) is 10.2. The molecule has 0 unspecified atom stereocenters. The van der Waals surface area contributed by atoms with Crippen molar-refractivity contribution in [3.8, 4) is 0 Å². The third-order valence-corrected chi connectivity index (χ3v) is 4.80. The van der Waals surface area contributed by atoms with Crippen molar-refractivity contribution >= 4 is 37.6 Å². The topological polar surface area (TPSA) is 101 Å². The van der Waals surface area contributed by atoms with Crippen LogP contribution in [-0.4, -0.2) is 29.3 Å². The largest absolute Gasteiger partial charge is 0.478 e. The Morgan fingerprint density at radius 1 is 1.45 bits per heavy atom. The number of hydrogen-bond acceptors (Lipinski definition) is 4. The molecule has 2 N–H and O–H groups in total. The van der Waals surface area contributed by atoms with Crippen LogP contribution in [0.15, 0.2) is 40.0 Å². The second-order valence-electron chi connectivity index (χ2n) is 3.96. The molecular formula is C11H10BrN3O4S. The molecule has 0 amide bonds. The molecule has 0 atom stereocenters. The summed E-state index contributed by atoms with van der Waals surface area (Å²) in [7, 11) is -2.25. The molecule has 106 valence electrons. The van der Waals surface area contributed by atoms with Gasteiger partial charge < -0.3 is 5.11 Å². The highest BCUT2D eigenvalue weighted by molar-refractivity contribution is 9.10. The monoisotopic (exact) mass is 359 g/mol. The highest BCUT2D eigenvalue weighted by Gasteiger charge is 2.20. The molecule has 1 aromatic carbocycles. The number of aromatic nitrogens is 2. The summed E-state index contributed by atoms with van der Waals surface area (Å²) in [5.41, 5.74) is 0.180. The third kappa shape index (κ3) is 2.99. The summed E-state index contributed by atoms with van der Waals surface area (Å²) in [4.78, 5) is 10.8. The summed E-state index contributed by atoms with van der Waals surface area (Å²) in [6.07, 6.45) is 2.85. The number of nitrogens with zero attached hydrogens (tertiary/aromatic N) is 2. The zero-order chi connectivity index (χ0) is 14.9. The summed E-state index contributed by atoms with van der Waals surface area (Å²) < 4.78 is 28.5. The van der Waals surface area contributed by atoms with Crippen LogP contribution in [0.4, 0.5) is 5.69 Å². The average Bonchev–Trinajstić information content (AvgIpc) is 2.73. The molecule has 0 aliphatic rings. The minimum atomic E-state index is -3.90. The number of carboxylic acid groups (broad SMARTS) is 1. The van der Waals surface area contributed by atoms with Gasteiger partial charge in [-0.25, -0.2) is 13.2 Å². The lowest BCUT2D eigenvalue weighted by molar-refractivity contribution is 0.0696. The lowest BCUT2D eigenvalue weighted by Gasteiger charge is -2.08. The van der Waals surface area contributed by atoms with E-state index in [0.717, 1.165) is 6.07 Å². The minimum Gasteiger partial charge on any atom is -0.478 e. The first-order valence-corrected chi connectivity index (χ1v) is 7.61. The van der Waals surface area contributed by atoms with Crippen LogP contribution in [-0.2, 0) is 17.1 Å². The fraction of sp³-hybridized carbons (Fsp3) is 0.0909. The van der Waals surface area contributed by atoms with Gasteiger partial charge in [0, 0.05) is 17.7 Å². The van der Waals surface area contributed by atoms with Gasteiger partial charge in [0.05, 0.1) is 17.4 Å². The number of nitrogens with one attached hydrogen (secondary N) is 1. The Hall–Kier alpha value is -1.87. The normalized spacial score (nSPS) is 11.3. The number of sulfonamides is 1. The fourth-order valence-corrected chi connectivity index (χ4v) is 3.54. The smallest absolute Gasteiger partial charge is 0.335 e. The average molecular weight is 360 g/mol. The lowest BCUT2D eigenvalue weighted by Crippen LogP contribution is -2.14. The van der Waals surface area contributed by atoms with Crippen LogP contribution < -0.4 is 4.72 Å². The number of carboxylic acids is 1. The summed E-state index contributed by atoms with van der Waals surface area (Å²) >= 11 is 3.10. The lowest BCUT2D eigenvalue weighted by atomic mass is 10.2. The van der Waals surface area contributed by atoms with E-state index in [-0.39, 0.29) is 14.9 Å². The van der Waals surface area contributed by atoms with E-state index in [1.807, 2.05) is 0 Å². The highest BCUT2D eigenvalue weighted by atomic mass is 79.9. The van der Waals surface area contributed by atoms with Crippen molar-refractivity contribution in [2.24, 2.45) is 7.05 Å². The maximum atomic E-state index is 12.2. The summed E-state index contributed by atoms with van der Waals surface area (Å²) in [5.74, 6) is -1.20. The molecule has 20 heavy (non-hydrogen) atoms. The van der Waals surface area contributed by atoms with E-state index >= 15 is 0 Å². The van der Waals surface area contributed by atoms with Crippen molar-refractivity contribution in [3.05, 3.63) is 40.6 Å². The Balaban J connectivity index is 2.43. The molecule has 0 saturated heterocycles. The molecule has 0 aliphatic heterocycles. The number of aromatic carboxylic acids is 1.